The molecule has 152 valence electrons. The second kappa shape index (κ2) is 11.7. The van der Waals surface area contributed by atoms with Gasteiger partial charge >= 0.3 is 0 Å². The van der Waals surface area contributed by atoms with Crippen molar-refractivity contribution in [3.63, 3.8) is 0 Å². The Bertz CT molecular complexity index is 686. The maximum atomic E-state index is 12.6. The van der Waals surface area contributed by atoms with Gasteiger partial charge in [0, 0.05) is 30.6 Å². The summed E-state index contributed by atoms with van der Waals surface area (Å²) in [5.74, 6) is 1.41. The van der Waals surface area contributed by atoms with Gasteiger partial charge in [0.15, 0.2) is 0 Å². The number of aromatic nitrogens is 1. The minimum atomic E-state index is 0. The Morgan fingerprint density at radius 3 is 2.78 bits per heavy atom. The summed E-state index contributed by atoms with van der Waals surface area (Å²) in [5.41, 5.74) is 7.17. The fourth-order valence-electron chi connectivity index (χ4n) is 2.96. The summed E-state index contributed by atoms with van der Waals surface area (Å²) in [6, 6.07) is 1.97. The average Bonchev–Trinajstić information content (AvgIpc) is 3.26. The molecule has 1 aliphatic rings. The molecule has 0 radical (unpaired) electrons. The van der Waals surface area contributed by atoms with Crippen molar-refractivity contribution in [1.82, 2.24) is 9.88 Å². The van der Waals surface area contributed by atoms with Crippen LogP contribution in [-0.2, 0) is 16.0 Å². The van der Waals surface area contributed by atoms with Crippen molar-refractivity contribution in [2.75, 3.05) is 26.2 Å². The molecule has 1 amide bonds. The number of hydrogen-bond donors (Lipinski definition) is 1. The van der Waals surface area contributed by atoms with Crippen LogP contribution in [0, 0.1) is 6.92 Å². The van der Waals surface area contributed by atoms with Gasteiger partial charge in [-0.15, -0.1) is 24.8 Å². The molecule has 1 saturated heterocycles. The quantitative estimate of drug-likeness (QED) is 0.673. The summed E-state index contributed by atoms with van der Waals surface area (Å²) in [6.45, 7) is 4.70. The first-order chi connectivity index (χ1) is 12.2. The van der Waals surface area contributed by atoms with Crippen molar-refractivity contribution < 1.29 is 13.9 Å². The number of rotatable bonds is 7. The van der Waals surface area contributed by atoms with Gasteiger partial charge in [-0.25, -0.2) is 4.98 Å². The largest absolute Gasteiger partial charge is 0.441 e. The van der Waals surface area contributed by atoms with Crippen LogP contribution in [0.3, 0.4) is 0 Å². The molecule has 0 bridgehead atoms. The van der Waals surface area contributed by atoms with E-state index in [4.69, 9.17) is 14.9 Å². The maximum Gasteiger partial charge on any atom is 0.228 e. The van der Waals surface area contributed by atoms with E-state index in [0.717, 1.165) is 49.4 Å². The fraction of sp³-hybridized carbons (Fsp3) is 0.556. The zero-order chi connectivity index (χ0) is 17.6. The first-order valence-corrected chi connectivity index (χ1v) is 9.70. The number of piperidine rings is 1. The number of ether oxygens (including phenoxy) is 1. The van der Waals surface area contributed by atoms with Gasteiger partial charge in [0.2, 0.25) is 11.8 Å². The predicted octanol–water partition coefficient (Wildman–Crippen LogP) is 3.45. The molecule has 3 rings (SSSR count). The number of amides is 1. The third kappa shape index (κ3) is 6.47. The molecule has 0 spiro atoms. The smallest absolute Gasteiger partial charge is 0.228 e. The molecule has 2 aromatic heterocycles. The van der Waals surface area contributed by atoms with E-state index >= 15 is 0 Å². The SMILES string of the molecule is Cc1oc(-c2ccsc2)nc1CC(=O)N1CCC(OCCCN)CC1.Cl.Cl. The molecule has 0 unspecified atom stereocenters. The number of nitrogens with zero attached hydrogens (tertiary/aromatic N) is 2. The van der Waals surface area contributed by atoms with E-state index in [1.165, 1.54) is 0 Å². The van der Waals surface area contributed by atoms with Crippen LogP contribution in [0.4, 0.5) is 0 Å². The highest BCUT2D eigenvalue weighted by molar-refractivity contribution is 7.08. The summed E-state index contributed by atoms with van der Waals surface area (Å²) in [5, 5.41) is 3.98. The predicted molar refractivity (Wildman–Crippen MR) is 112 cm³/mol. The molecular formula is C18H27Cl2N3O3S. The maximum absolute atomic E-state index is 12.6. The highest BCUT2D eigenvalue weighted by atomic mass is 35.5. The average molecular weight is 436 g/mol. The fourth-order valence-corrected chi connectivity index (χ4v) is 3.59. The Balaban J connectivity index is 0.00000182. The molecule has 9 heteroatoms. The Hall–Kier alpha value is -1.12. The van der Waals surface area contributed by atoms with E-state index in [2.05, 4.69) is 4.98 Å². The molecule has 2 aromatic rings. The minimum absolute atomic E-state index is 0. The molecule has 1 aliphatic heterocycles. The topological polar surface area (TPSA) is 81.6 Å². The monoisotopic (exact) mass is 435 g/mol. The van der Waals surface area contributed by atoms with E-state index in [-0.39, 0.29) is 43.2 Å². The van der Waals surface area contributed by atoms with Crippen LogP contribution < -0.4 is 5.73 Å². The summed E-state index contributed by atoms with van der Waals surface area (Å²) in [4.78, 5) is 19.0. The van der Waals surface area contributed by atoms with E-state index in [9.17, 15) is 4.79 Å². The molecule has 0 aromatic carbocycles. The number of carbonyl (C=O) groups is 1. The number of hydrogen-bond acceptors (Lipinski definition) is 6. The first kappa shape index (κ1) is 23.9. The first-order valence-electron chi connectivity index (χ1n) is 8.75. The number of thiophene rings is 1. The van der Waals surface area contributed by atoms with Gasteiger partial charge in [0.1, 0.15) is 5.76 Å². The molecule has 0 atom stereocenters. The Morgan fingerprint density at radius 1 is 1.41 bits per heavy atom. The lowest BCUT2D eigenvalue weighted by Crippen LogP contribution is -2.41. The van der Waals surface area contributed by atoms with Crippen molar-refractivity contribution in [1.29, 1.82) is 0 Å². The molecule has 6 nitrogen and oxygen atoms in total. The highest BCUT2D eigenvalue weighted by Gasteiger charge is 2.24. The normalized spacial score (nSPS) is 14.5. The van der Waals surface area contributed by atoms with Crippen LogP contribution in [0.25, 0.3) is 11.5 Å². The number of halogens is 2. The Labute approximate surface area is 176 Å². The number of carbonyl (C=O) groups excluding carboxylic acids is 1. The number of oxazole rings is 1. The van der Waals surface area contributed by atoms with E-state index in [1.807, 2.05) is 28.7 Å². The van der Waals surface area contributed by atoms with Gasteiger partial charge < -0.3 is 19.8 Å². The van der Waals surface area contributed by atoms with E-state index in [0.29, 0.717) is 19.0 Å². The summed E-state index contributed by atoms with van der Waals surface area (Å²) in [7, 11) is 0. The van der Waals surface area contributed by atoms with Crippen LogP contribution in [0.1, 0.15) is 30.7 Å². The molecule has 0 saturated carbocycles. The van der Waals surface area contributed by atoms with Crippen molar-refractivity contribution in [3.8, 4) is 11.5 Å². The molecule has 3 heterocycles. The molecular weight excluding hydrogens is 409 g/mol. The van der Waals surface area contributed by atoms with Gasteiger partial charge in [-0.1, -0.05) is 0 Å². The van der Waals surface area contributed by atoms with Crippen LogP contribution in [0.5, 0.6) is 0 Å². The highest BCUT2D eigenvalue weighted by Crippen LogP contribution is 2.24. The van der Waals surface area contributed by atoms with Crippen molar-refractivity contribution >= 4 is 42.1 Å². The van der Waals surface area contributed by atoms with Gasteiger partial charge in [-0.2, -0.15) is 11.3 Å². The molecule has 0 aliphatic carbocycles. The third-order valence-corrected chi connectivity index (χ3v) is 5.16. The van der Waals surface area contributed by atoms with Crippen LogP contribution in [-0.4, -0.2) is 48.1 Å². The van der Waals surface area contributed by atoms with Crippen molar-refractivity contribution in [2.45, 2.75) is 38.7 Å². The van der Waals surface area contributed by atoms with Crippen LogP contribution >= 0.6 is 36.2 Å². The molecule has 27 heavy (non-hydrogen) atoms. The Morgan fingerprint density at radius 2 is 2.15 bits per heavy atom. The molecule has 1 fully saturated rings. The van der Waals surface area contributed by atoms with E-state index in [1.54, 1.807) is 11.3 Å². The van der Waals surface area contributed by atoms with Crippen molar-refractivity contribution in [3.05, 3.63) is 28.3 Å². The van der Waals surface area contributed by atoms with Crippen LogP contribution in [0.2, 0.25) is 0 Å². The van der Waals surface area contributed by atoms with Gasteiger partial charge in [-0.3, -0.25) is 4.79 Å². The van der Waals surface area contributed by atoms with Gasteiger partial charge in [0.25, 0.3) is 0 Å². The lowest BCUT2D eigenvalue weighted by atomic mass is 10.1. The second-order valence-corrected chi connectivity index (χ2v) is 7.08. The molecule has 2 N–H and O–H groups in total. The zero-order valence-electron chi connectivity index (χ0n) is 15.4. The summed E-state index contributed by atoms with van der Waals surface area (Å²) < 4.78 is 11.5. The summed E-state index contributed by atoms with van der Waals surface area (Å²) in [6.07, 6.45) is 3.19. The number of aryl methyl sites for hydroxylation is 1. The van der Waals surface area contributed by atoms with E-state index < -0.39 is 0 Å². The van der Waals surface area contributed by atoms with Gasteiger partial charge in [0.05, 0.1) is 18.2 Å². The number of likely N-dealkylation sites (tertiary alicyclic amines) is 1. The number of nitrogens with two attached hydrogens (primary N) is 1. The summed E-state index contributed by atoms with van der Waals surface area (Å²) >= 11 is 1.60. The standard InChI is InChI=1S/C18H25N3O3S.2ClH/c1-13-16(20-18(24-13)14-5-10-25-12-14)11-17(22)21-7-3-15(4-8-21)23-9-2-6-19;;/h5,10,12,15H,2-4,6-9,11,19H2,1H3;2*1H. The van der Waals surface area contributed by atoms with Gasteiger partial charge in [-0.05, 0) is 44.2 Å². The van der Waals surface area contributed by atoms with Crippen LogP contribution in [0.15, 0.2) is 21.2 Å². The lowest BCUT2D eigenvalue weighted by Gasteiger charge is -2.32. The lowest BCUT2D eigenvalue weighted by molar-refractivity contribution is -0.133. The Kier molecular flexibility index (Phi) is 10.3. The second-order valence-electron chi connectivity index (χ2n) is 6.30. The van der Waals surface area contributed by atoms with Crippen molar-refractivity contribution in [2.24, 2.45) is 5.73 Å². The zero-order valence-corrected chi connectivity index (χ0v) is 17.8. The third-order valence-electron chi connectivity index (χ3n) is 4.48. The minimum Gasteiger partial charge on any atom is -0.441 e.